The SMILES string of the molecule is Cc1ccc(C(N)=S)c(-n2ncc3ccccc32)n1. The molecule has 0 fully saturated rings. The highest BCUT2D eigenvalue weighted by atomic mass is 32.1. The van der Waals surface area contributed by atoms with E-state index in [1.807, 2.05) is 49.5 Å². The second-order valence-corrected chi connectivity index (χ2v) is 4.74. The first-order chi connectivity index (χ1) is 9.16. The molecule has 19 heavy (non-hydrogen) atoms. The van der Waals surface area contributed by atoms with Gasteiger partial charge in [-0.15, -0.1) is 0 Å². The van der Waals surface area contributed by atoms with Crippen molar-refractivity contribution < 1.29 is 0 Å². The van der Waals surface area contributed by atoms with Crippen molar-refractivity contribution in [3.8, 4) is 5.82 Å². The van der Waals surface area contributed by atoms with Crippen LogP contribution < -0.4 is 5.73 Å². The molecular weight excluding hydrogens is 256 g/mol. The Morgan fingerprint density at radius 2 is 2.00 bits per heavy atom. The van der Waals surface area contributed by atoms with Gasteiger partial charge in [-0.2, -0.15) is 5.10 Å². The van der Waals surface area contributed by atoms with Gasteiger partial charge in [-0.25, -0.2) is 9.67 Å². The van der Waals surface area contributed by atoms with Crippen LogP contribution >= 0.6 is 12.2 Å². The smallest absolute Gasteiger partial charge is 0.164 e. The number of para-hydroxylation sites is 1. The summed E-state index contributed by atoms with van der Waals surface area (Å²) in [7, 11) is 0. The molecule has 0 atom stereocenters. The van der Waals surface area contributed by atoms with Crippen LogP contribution in [-0.4, -0.2) is 19.8 Å². The van der Waals surface area contributed by atoms with Crippen molar-refractivity contribution in [3.05, 3.63) is 53.9 Å². The average molecular weight is 268 g/mol. The zero-order valence-electron chi connectivity index (χ0n) is 10.4. The molecule has 4 nitrogen and oxygen atoms in total. The van der Waals surface area contributed by atoms with E-state index in [2.05, 4.69) is 10.1 Å². The molecule has 2 aromatic heterocycles. The molecule has 0 unspecified atom stereocenters. The number of aryl methyl sites for hydroxylation is 1. The molecule has 0 saturated heterocycles. The zero-order chi connectivity index (χ0) is 13.4. The number of rotatable bonds is 2. The number of hydrogen-bond acceptors (Lipinski definition) is 3. The Morgan fingerprint density at radius 3 is 2.79 bits per heavy atom. The summed E-state index contributed by atoms with van der Waals surface area (Å²) in [5.74, 6) is 0.675. The van der Waals surface area contributed by atoms with Crippen LogP contribution in [0.2, 0.25) is 0 Å². The van der Waals surface area contributed by atoms with Gasteiger partial charge in [0.2, 0.25) is 0 Å². The summed E-state index contributed by atoms with van der Waals surface area (Å²) >= 11 is 5.09. The summed E-state index contributed by atoms with van der Waals surface area (Å²) in [4.78, 5) is 4.84. The highest BCUT2D eigenvalue weighted by Crippen LogP contribution is 2.19. The lowest BCUT2D eigenvalue weighted by molar-refractivity contribution is 0.865. The van der Waals surface area contributed by atoms with E-state index in [0.717, 1.165) is 22.2 Å². The Morgan fingerprint density at radius 1 is 1.21 bits per heavy atom. The van der Waals surface area contributed by atoms with E-state index in [4.69, 9.17) is 18.0 Å². The molecule has 2 N–H and O–H groups in total. The van der Waals surface area contributed by atoms with E-state index >= 15 is 0 Å². The Hall–Kier alpha value is -2.27. The number of thiocarbonyl (C=S) groups is 1. The number of nitrogens with zero attached hydrogens (tertiary/aromatic N) is 3. The van der Waals surface area contributed by atoms with Crippen LogP contribution in [0.25, 0.3) is 16.7 Å². The fraction of sp³-hybridized carbons (Fsp3) is 0.0714. The summed E-state index contributed by atoms with van der Waals surface area (Å²) < 4.78 is 1.77. The molecule has 0 aliphatic carbocycles. The predicted octanol–water partition coefficient (Wildman–Crippen LogP) is 2.36. The van der Waals surface area contributed by atoms with Gasteiger partial charge in [0.25, 0.3) is 0 Å². The van der Waals surface area contributed by atoms with Crippen molar-refractivity contribution in [2.75, 3.05) is 0 Å². The van der Waals surface area contributed by atoms with Gasteiger partial charge in [0.05, 0.1) is 17.3 Å². The normalized spacial score (nSPS) is 10.8. The van der Waals surface area contributed by atoms with Crippen LogP contribution in [0.4, 0.5) is 0 Å². The van der Waals surface area contributed by atoms with Crippen molar-refractivity contribution in [1.82, 2.24) is 14.8 Å². The standard InChI is InChI=1S/C14H12N4S/c1-9-6-7-11(13(15)19)14(17-9)18-12-5-3-2-4-10(12)8-16-18/h2-8H,1H3,(H2,15,19). The van der Waals surface area contributed by atoms with Crippen molar-refractivity contribution in [3.63, 3.8) is 0 Å². The van der Waals surface area contributed by atoms with E-state index in [1.54, 1.807) is 4.68 Å². The van der Waals surface area contributed by atoms with E-state index in [0.29, 0.717) is 10.8 Å². The van der Waals surface area contributed by atoms with Crippen molar-refractivity contribution in [2.24, 2.45) is 5.73 Å². The van der Waals surface area contributed by atoms with Crippen LogP contribution in [0.1, 0.15) is 11.3 Å². The third kappa shape index (κ3) is 1.98. The molecule has 0 aliphatic heterocycles. The van der Waals surface area contributed by atoms with E-state index in [-0.39, 0.29) is 0 Å². The number of pyridine rings is 1. The van der Waals surface area contributed by atoms with Gasteiger partial charge < -0.3 is 5.73 Å². The van der Waals surface area contributed by atoms with Crippen LogP contribution in [0.15, 0.2) is 42.6 Å². The molecule has 0 saturated carbocycles. The lowest BCUT2D eigenvalue weighted by atomic mass is 10.2. The number of aromatic nitrogens is 3. The summed E-state index contributed by atoms with van der Waals surface area (Å²) in [6.07, 6.45) is 1.81. The van der Waals surface area contributed by atoms with Gasteiger partial charge in [-0.1, -0.05) is 30.4 Å². The summed E-state index contributed by atoms with van der Waals surface area (Å²) in [6, 6.07) is 11.7. The predicted molar refractivity (Wildman–Crippen MR) is 79.5 cm³/mol. The lowest BCUT2D eigenvalue weighted by Crippen LogP contribution is -2.15. The van der Waals surface area contributed by atoms with Crippen LogP contribution in [-0.2, 0) is 0 Å². The first kappa shape index (κ1) is 11.8. The minimum absolute atomic E-state index is 0.321. The second-order valence-electron chi connectivity index (χ2n) is 4.30. The van der Waals surface area contributed by atoms with Gasteiger partial charge in [-0.3, -0.25) is 0 Å². The van der Waals surface area contributed by atoms with Gasteiger partial charge in [0.15, 0.2) is 5.82 Å². The van der Waals surface area contributed by atoms with Crippen LogP contribution in [0.5, 0.6) is 0 Å². The number of benzene rings is 1. The highest BCUT2D eigenvalue weighted by molar-refractivity contribution is 7.80. The molecule has 0 spiro atoms. The first-order valence-electron chi connectivity index (χ1n) is 5.87. The monoisotopic (exact) mass is 268 g/mol. The van der Waals surface area contributed by atoms with Gasteiger partial charge >= 0.3 is 0 Å². The van der Waals surface area contributed by atoms with E-state index in [1.165, 1.54) is 0 Å². The van der Waals surface area contributed by atoms with Gasteiger partial charge in [0, 0.05) is 11.1 Å². The maximum atomic E-state index is 5.77. The maximum absolute atomic E-state index is 5.77. The summed E-state index contributed by atoms with van der Waals surface area (Å²) in [5.41, 5.74) is 8.38. The number of nitrogens with two attached hydrogens (primary N) is 1. The third-order valence-electron chi connectivity index (χ3n) is 2.96. The summed E-state index contributed by atoms with van der Waals surface area (Å²) in [6.45, 7) is 1.93. The minimum Gasteiger partial charge on any atom is -0.389 e. The number of fused-ring (bicyclic) bond motifs is 1. The van der Waals surface area contributed by atoms with Crippen LogP contribution in [0, 0.1) is 6.92 Å². The molecule has 3 rings (SSSR count). The summed E-state index contributed by atoms with van der Waals surface area (Å²) in [5, 5.41) is 5.44. The molecule has 2 heterocycles. The molecular formula is C14H12N4S. The first-order valence-corrected chi connectivity index (χ1v) is 6.28. The quantitative estimate of drug-likeness (QED) is 0.725. The Balaban J connectivity index is 2.32. The van der Waals surface area contributed by atoms with E-state index in [9.17, 15) is 0 Å². The topological polar surface area (TPSA) is 56.7 Å². The minimum atomic E-state index is 0.321. The Labute approximate surface area is 115 Å². The highest BCUT2D eigenvalue weighted by Gasteiger charge is 2.12. The van der Waals surface area contributed by atoms with E-state index < -0.39 is 0 Å². The largest absolute Gasteiger partial charge is 0.389 e. The molecule has 3 aromatic rings. The van der Waals surface area contributed by atoms with Crippen molar-refractivity contribution in [1.29, 1.82) is 0 Å². The lowest BCUT2D eigenvalue weighted by Gasteiger charge is -2.09. The third-order valence-corrected chi connectivity index (χ3v) is 3.18. The molecule has 0 radical (unpaired) electrons. The molecule has 5 heteroatoms. The second kappa shape index (κ2) is 4.44. The molecule has 0 amide bonds. The molecule has 0 aliphatic rings. The fourth-order valence-electron chi connectivity index (χ4n) is 2.04. The van der Waals surface area contributed by atoms with Gasteiger partial charge in [-0.05, 0) is 25.1 Å². The Bertz CT molecular complexity index is 776. The average Bonchev–Trinajstić information content (AvgIpc) is 2.82. The van der Waals surface area contributed by atoms with Gasteiger partial charge in [0.1, 0.15) is 4.99 Å². The molecule has 0 bridgehead atoms. The number of hydrogen-bond donors (Lipinski definition) is 1. The maximum Gasteiger partial charge on any atom is 0.164 e. The molecule has 1 aromatic carbocycles. The fourth-order valence-corrected chi connectivity index (χ4v) is 2.20. The van der Waals surface area contributed by atoms with Crippen molar-refractivity contribution in [2.45, 2.75) is 6.92 Å². The molecule has 94 valence electrons. The van der Waals surface area contributed by atoms with Crippen LogP contribution in [0.3, 0.4) is 0 Å². The Kier molecular flexibility index (Phi) is 2.76. The van der Waals surface area contributed by atoms with Crippen molar-refractivity contribution >= 4 is 28.1 Å². The zero-order valence-corrected chi connectivity index (χ0v) is 11.2.